The number of ether oxygens (including phenoxy) is 1. The molecule has 1 aromatic heterocycles. The summed E-state index contributed by atoms with van der Waals surface area (Å²) >= 11 is 0. The third-order valence-corrected chi connectivity index (χ3v) is 4.99. The van der Waals surface area contributed by atoms with Crippen LogP contribution in [0.5, 0.6) is 5.75 Å². The number of methoxy groups -OCH3 is 1. The summed E-state index contributed by atoms with van der Waals surface area (Å²) in [4.78, 5) is 24.5. The highest BCUT2D eigenvalue weighted by Gasteiger charge is 2.32. The fraction of sp³-hybridized carbons (Fsp3) is 0.267. The van der Waals surface area contributed by atoms with E-state index >= 15 is 0 Å². The molecule has 0 aliphatic carbocycles. The maximum Gasteiger partial charge on any atom is 0.266 e. The molecule has 2 heterocycles. The number of carbonyl (C=O) groups is 2. The number of hydrogen-bond acceptors (Lipinski definition) is 7. The molecule has 9 nitrogen and oxygen atoms in total. The second-order valence-corrected chi connectivity index (χ2v) is 7.04. The lowest BCUT2D eigenvalue weighted by Crippen LogP contribution is -2.28. The maximum atomic E-state index is 12.7. The van der Waals surface area contributed by atoms with Crippen molar-refractivity contribution in [1.82, 2.24) is 5.16 Å². The largest absolute Gasteiger partial charge is 0.495 e. The number of amides is 2. The van der Waals surface area contributed by atoms with Gasteiger partial charge in [0.15, 0.2) is 5.82 Å². The number of carbonyl (C=O) groups excluding carboxylic acids is 2. The SMILES string of the molecule is COc1ccc(N2C(=O)CCC2=O)cc1S(=O)(=O)Nc1cc(C)on1. The zero-order valence-corrected chi connectivity index (χ0v) is 14.3. The monoisotopic (exact) mass is 365 g/mol. The van der Waals surface area contributed by atoms with E-state index in [2.05, 4.69) is 9.88 Å². The van der Waals surface area contributed by atoms with Crippen LogP contribution in [0.3, 0.4) is 0 Å². The number of anilines is 2. The van der Waals surface area contributed by atoms with Gasteiger partial charge in [0.25, 0.3) is 10.0 Å². The molecule has 1 aliphatic rings. The van der Waals surface area contributed by atoms with E-state index in [0.717, 1.165) is 4.90 Å². The number of nitrogens with one attached hydrogen (secondary N) is 1. The Morgan fingerprint density at radius 2 is 1.88 bits per heavy atom. The summed E-state index contributed by atoms with van der Waals surface area (Å²) in [5.41, 5.74) is 0.171. The van der Waals surface area contributed by atoms with Gasteiger partial charge in [0.2, 0.25) is 11.8 Å². The molecule has 0 radical (unpaired) electrons. The molecule has 0 spiro atoms. The molecule has 1 aliphatic heterocycles. The van der Waals surface area contributed by atoms with Crippen molar-refractivity contribution in [2.24, 2.45) is 0 Å². The molecule has 10 heteroatoms. The van der Waals surface area contributed by atoms with Crippen molar-refractivity contribution in [2.45, 2.75) is 24.7 Å². The van der Waals surface area contributed by atoms with Crippen LogP contribution in [-0.4, -0.2) is 32.5 Å². The molecule has 3 rings (SSSR count). The normalized spacial score (nSPS) is 14.9. The molecule has 0 bridgehead atoms. The molecule has 0 saturated carbocycles. The Bertz CT molecular complexity index is 934. The summed E-state index contributed by atoms with van der Waals surface area (Å²) in [6.45, 7) is 1.62. The number of sulfonamides is 1. The molecule has 1 aromatic carbocycles. The Labute approximate surface area is 143 Å². The van der Waals surface area contributed by atoms with Crippen LogP contribution >= 0.6 is 0 Å². The van der Waals surface area contributed by atoms with Crippen molar-refractivity contribution in [3.63, 3.8) is 0 Å². The maximum absolute atomic E-state index is 12.7. The second-order valence-electron chi connectivity index (χ2n) is 5.39. The van der Waals surface area contributed by atoms with Crippen molar-refractivity contribution in [2.75, 3.05) is 16.7 Å². The predicted molar refractivity (Wildman–Crippen MR) is 86.8 cm³/mol. The molecule has 1 saturated heterocycles. The first-order valence-corrected chi connectivity index (χ1v) is 8.80. The number of rotatable bonds is 5. The first-order chi connectivity index (χ1) is 11.8. The Morgan fingerprint density at radius 3 is 2.44 bits per heavy atom. The lowest BCUT2D eigenvalue weighted by molar-refractivity contribution is -0.121. The van der Waals surface area contributed by atoms with Crippen LogP contribution < -0.4 is 14.4 Å². The van der Waals surface area contributed by atoms with Gasteiger partial charge in [-0.15, -0.1) is 0 Å². The molecule has 132 valence electrons. The van der Waals surface area contributed by atoms with Crippen molar-refractivity contribution < 1.29 is 27.3 Å². The van der Waals surface area contributed by atoms with Gasteiger partial charge in [0, 0.05) is 18.9 Å². The molecule has 25 heavy (non-hydrogen) atoms. The van der Waals surface area contributed by atoms with Gasteiger partial charge in [0.1, 0.15) is 16.4 Å². The van der Waals surface area contributed by atoms with Gasteiger partial charge in [-0.25, -0.2) is 8.42 Å². The minimum Gasteiger partial charge on any atom is -0.495 e. The summed E-state index contributed by atoms with van der Waals surface area (Å²) in [5.74, 6) is -0.238. The lowest BCUT2D eigenvalue weighted by atomic mass is 10.2. The van der Waals surface area contributed by atoms with Gasteiger partial charge in [-0.3, -0.25) is 19.2 Å². The van der Waals surface area contributed by atoms with Gasteiger partial charge in [-0.2, -0.15) is 0 Å². The number of imide groups is 1. The van der Waals surface area contributed by atoms with Crippen LogP contribution in [0.4, 0.5) is 11.5 Å². The average molecular weight is 365 g/mol. The Balaban J connectivity index is 2.03. The van der Waals surface area contributed by atoms with E-state index in [1.54, 1.807) is 6.92 Å². The number of hydrogen-bond donors (Lipinski definition) is 1. The minimum atomic E-state index is -4.08. The first-order valence-electron chi connectivity index (χ1n) is 7.32. The number of aryl methyl sites for hydroxylation is 1. The van der Waals surface area contributed by atoms with E-state index in [9.17, 15) is 18.0 Å². The van der Waals surface area contributed by atoms with Crippen LogP contribution in [-0.2, 0) is 19.6 Å². The standard InChI is InChI=1S/C15H15N3O6S/c1-9-7-13(16-24-9)17-25(21,22)12-8-10(3-4-11(12)23-2)18-14(19)5-6-15(18)20/h3-4,7-8H,5-6H2,1-2H3,(H,16,17). The third kappa shape index (κ3) is 3.20. The van der Waals surface area contributed by atoms with E-state index in [-0.39, 0.29) is 46.8 Å². The smallest absolute Gasteiger partial charge is 0.266 e. The summed E-state index contributed by atoms with van der Waals surface area (Å²) in [6, 6.07) is 5.48. The molecule has 1 fully saturated rings. The average Bonchev–Trinajstić information content (AvgIpc) is 3.11. The molecule has 1 N–H and O–H groups in total. The third-order valence-electron chi connectivity index (χ3n) is 3.61. The Hall–Kier alpha value is -2.88. The highest BCUT2D eigenvalue weighted by molar-refractivity contribution is 7.92. The van der Waals surface area contributed by atoms with Crippen LogP contribution in [0.2, 0.25) is 0 Å². The highest BCUT2D eigenvalue weighted by Crippen LogP contribution is 2.32. The molecule has 0 unspecified atom stereocenters. The summed E-state index contributed by atoms with van der Waals surface area (Å²) in [7, 11) is -2.76. The van der Waals surface area contributed by atoms with Crippen LogP contribution in [0, 0.1) is 6.92 Å². The van der Waals surface area contributed by atoms with E-state index < -0.39 is 10.0 Å². The van der Waals surface area contributed by atoms with Gasteiger partial charge >= 0.3 is 0 Å². The van der Waals surface area contributed by atoms with Crippen molar-refractivity contribution in [3.8, 4) is 5.75 Å². The second kappa shape index (κ2) is 6.20. The van der Waals surface area contributed by atoms with E-state index in [1.165, 1.54) is 31.4 Å². The first kappa shape index (κ1) is 17.0. The summed E-state index contributed by atoms with van der Waals surface area (Å²) < 4.78 is 37.5. The minimum absolute atomic E-state index is 0.0123. The van der Waals surface area contributed by atoms with Crippen LogP contribution in [0.25, 0.3) is 0 Å². The van der Waals surface area contributed by atoms with E-state index in [4.69, 9.17) is 9.26 Å². The van der Waals surface area contributed by atoms with Gasteiger partial charge in [-0.1, -0.05) is 5.16 Å². The van der Waals surface area contributed by atoms with E-state index in [1.807, 2.05) is 0 Å². The number of aromatic nitrogens is 1. The highest BCUT2D eigenvalue weighted by atomic mass is 32.2. The van der Waals surface area contributed by atoms with E-state index in [0.29, 0.717) is 5.76 Å². The zero-order chi connectivity index (χ0) is 18.2. The van der Waals surface area contributed by atoms with Crippen LogP contribution in [0.1, 0.15) is 18.6 Å². The molecule has 2 aromatic rings. The van der Waals surface area contributed by atoms with Gasteiger partial charge < -0.3 is 9.26 Å². The molecular weight excluding hydrogens is 350 g/mol. The van der Waals surface area contributed by atoms with Crippen molar-refractivity contribution in [3.05, 3.63) is 30.0 Å². The van der Waals surface area contributed by atoms with Crippen molar-refractivity contribution >= 4 is 33.3 Å². The number of nitrogens with zero attached hydrogens (tertiary/aromatic N) is 2. The van der Waals surface area contributed by atoms with Crippen LogP contribution in [0.15, 0.2) is 33.7 Å². The Morgan fingerprint density at radius 1 is 1.20 bits per heavy atom. The molecule has 2 amide bonds. The summed E-state index contributed by atoms with van der Waals surface area (Å²) in [5, 5.41) is 3.58. The zero-order valence-electron chi connectivity index (χ0n) is 13.5. The predicted octanol–water partition coefficient (Wildman–Crippen LogP) is 1.45. The number of benzene rings is 1. The van der Waals surface area contributed by atoms with Gasteiger partial charge in [-0.05, 0) is 25.1 Å². The quantitative estimate of drug-likeness (QED) is 0.796. The Kier molecular flexibility index (Phi) is 4.21. The fourth-order valence-corrected chi connectivity index (χ4v) is 3.66. The fourth-order valence-electron chi connectivity index (χ4n) is 2.49. The van der Waals surface area contributed by atoms with Gasteiger partial charge in [0.05, 0.1) is 12.8 Å². The molecule has 0 atom stereocenters. The van der Waals surface area contributed by atoms with Crippen molar-refractivity contribution in [1.29, 1.82) is 0 Å². The molecular formula is C15H15N3O6S. The topological polar surface area (TPSA) is 119 Å². The lowest BCUT2D eigenvalue weighted by Gasteiger charge is -2.17. The summed E-state index contributed by atoms with van der Waals surface area (Å²) in [6.07, 6.45) is 0.201.